The molecule has 1 aromatic heterocycles. The fourth-order valence-corrected chi connectivity index (χ4v) is 1.64. The van der Waals surface area contributed by atoms with Crippen LogP contribution in [0.1, 0.15) is 10.5 Å². The minimum Gasteiger partial charge on any atom is -0.274 e. The number of halogens is 2. The third-order valence-electron chi connectivity index (χ3n) is 1.71. The van der Waals surface area contributed by atoms with E-state index in [-0.39, 0.29) is 5.69 Å². The van der Waals surface area contributed by atoms with Crippen molar-refractivity contribution in [2.45, 2.75) is 0 Å². The maximum absolute atomic E-state index is 10.8. The van der Waals surface area contributed by atoms with Crippen LogP contribution in [0.2, 0.25) is 0 Å². The number of hydrogen-bond donors (Lipinski definition) is 0. The van der Waals surface area contributed by atoms with E-state index in [0.717, 1.165) is 9.09 Å². The number of nitrogens with zero attached hydrogens (tertiary/aromatic N) is 2. The first kappa shape index (κ1) is 9.79. The predicted molar refractivity (Wildman–Crippen MR) is 62.4 cm³/mol. The van der Waals surface area contributed by atoms with Crippen molar-refractivity contribution in [3.8, 4) is 0 Å². The van der Waals surface area contributed by atoms with Crippen LogP contribution < -0.4 is 0 Å². The van der Waals surface area contributed by atoms with E-state index in [0.29, 0.717) is 5.52 Å². The lowest BCUT2D eigenvalue weighted by Crippen LogP contribution is -1.96. The number of fused-ring (bicyclic) bond motifs is 1. The van der Waals surface area contributed by atoms with Crippen molar-refractivity contribution >= 4 is 50.5 Å². The Bertz CT molecular complexity index is 515. The van der Waals surface area contributed by atoms with Crippen LogP contribution in [0, 0.1) is 3.57 Å². The van der Waals surface area contributed by atoms with E-state index in [1.807, 2.05) is 18.2 Å². The quantitative estimate of drug-likeness (QED) is 0.599. The van der Waals surface area contributed by atoms with Crippen molar-refractivity contribution in [1.82, 2.24) is 9.97 Å². The third-order valence-corrected chi connectivity index (χ3v) is 2.57. The van der Waals surface area contributed by atoms with Crippen LogP contribution in [0.15, 0.2) is 24.4 Å². The molecular formula is C9H4ClIN2O. The van der Waals surface area contributed by atoms with Crippen LogP contribution in [0.25, 0.3) is 11.0 Å². The smallest absolute Gasteiger partial charge is 0.272 e. The van der Waals surface area contributed by atoms with Gasteiger partial charge in [0.05, 0.1) is 17.2 Å². The highest BCUT2D eigenvalue weighted by atomic mass is 127. The molecule has 70 valence electrons. The molecule has 0 atom stereocenters. The highest BCUT2D eigenvalue weighted by Crippen LogP contribution is 2.14. The molecule has 1 heterocycles. The SMILES string of the molecule is O=C(Cl)c1cnc2cc(I)ccc2n1. The van der Waals surface area contributed by atoms with Crippen LogP contribution in [0.4, 0.5) is 0 Å². The standard InChI is InChI=1S/C9H4ClIN2O/c10-9(14)8-4-12-7-3-5(11)1-2-6(7)13-8/h1-4H. The molecule has 0 saturated carbocycles. The summed E-state index contributed by atoms with van der Waals surface area (Å²) in [7, 11) is 0. The van der Waals surface area contributed by atoms with Crippen molar-refractivity contribution in [2.75, 3.05) is 0 Å². The summed E-state index contributed by atoms with van der Waals surface area (Å²) >= 11 is 7.48. The second-order valence-electron chi connectivity index (χ2n) is 2.66. The van der Waals surface area contributed by atoms with Gasteiger partial charge in [-0.1, -0.05) is 0 Å². The molecule has 14 heavy (non-hydrogen) atoms. The molecule has 0 aliphatic heterocycles. The summed E-state index contributed by atoms with van der Waals surface area (Å²) in [6, 6.07) is 5.61. The van der Waals surface area contributed by atoms with Crippen LogP contribution in [-0.4, -0.2) is 15.2 Å². The molecule has 0 aliphatic rings. The van der Waals surface area contributed by atoms with E-state index in [1.165, 1.54) is 6.20 Å². The number of carbonyl (C=O) groups is 1. The van der Waals surface area contributed by atoms with E-state index in [4.69, 9.17) is 11.6 Å². The minimum atomic E-state index is -0.585. The van der Waals surface area contributed by atoms with E-state index in [9.17, 15) is 4.79 Å². The molecule has 0 saturated heterocycles. The number of benzene rings is 1. The molecule has 0 fully saturated rings. The summed E-state index contributed by atoms with van der Waals surface area (Å²) < 4.78 is 1.08. The van der Waals surface area contributed by atoms with Gasteiger partial charge in [0.1, 0.15) is 5.69 Å². The van der Waals surface area contributed by atoms with Crippen LogP contribution in [0.3, 0.4) is 0 Å². The highest BCUT2D eigenvalue weighted by molar-refractivity contribution is 14.1. The first-order valence-electron chi connectivity index (χ1n) is 3.79. The molecule has 2 rings (SSSR count). The Morgan fingerprint density at radius 1 is 1.36 bits per heavy atom. The summed E-state index contributed by atoms with van der Waals surface area (Å²) in [5, 5.41) is -0.585. The second kappa shape index (κ2) is 3.78. The maximum Gasteiger partial charge on any atom is 0.272 e. The van der Waals surface area contributed by atoms with E-state index >= 15 is 0 Å². The zero-order chi connectivity index (χ0) is 10.1. The summed E-state index contributed by atoms with van der Waals surface area (Å²) in [4.78, 5) is 19.0. The summed E-state index contributed by atoms with van der Waals surface area (Å²) in [6.45, 7) is 0. The Kier molecular flexibility index (Phi) is 2.64. The van der Waals surface area contributed by atoms with Gasteiger partial charge in [-0.05, 0) is 52.4 Å². The first-order valence-corrected chi connectivity index (χ1v) is 5.24. The van der Waals surface area contributed by atoms with Crippen molar-refractivity contribution in [2.24, 2.45) is 0 Å². The molecule has 2 aromatic rings. The normalized spacial score (nSPS) is 10.4. The lowest BCUT2D eigenvalue weighted by molar-refractivity contribution is 0.107. The van der Waals surface area contributed by atoms with E-state index in [2.05, 4.69) is 32.6 Å². The molecule has 5 heteroatoms. The van der Waals surface area contributed by atoms with Gasteiger partial charge in [0, 0.05) is 3.57 Å². The molecule has 0 N–H and O–H groups in total. The van der Waals surface area contributed by atoms with Gasteiger partial charge < -0.3 is 0 Å². The molecule has 3 nitrogen and oxygen atoms in total. The fraction of sp³-hybridized carbons (Fsp3) is 0. The molecular weight excluding hydrogens is 314 g/mol. The van der Waals surface area contributed by atoms with Gasteiger partial charge in [0.25, 0.3) is 5.24 Å². The summed E-state index contributed by atoms with van der Waals surface area (Å²) in [5.41, 5.74) is 1.62. The fourth-order valence-electron chi connectivity index (χ4n) is 1.08. The average molecular weight is 319 g/mol. The number of rotatable bonds is 1. The van der Waals surface area contributed by atoms with Crippen molar-refractivity contribution in [3.63, 3.8) is 0 Å². The molecule has 0 bridgehead atoms. The largest absolute Gasteiger partial charge is 0.274 e. The summed E-state index contributed by atoms with van der Waals surface area (Å²) in [5.74, 6) is 0. The topological polar surface area (TPSA) is 42.9 Å². The van der Waals surface area contributed by atoms with Crippen molar-refractivity contribution < 1.29 is 4.79 Å². The lowest BCUT2D eigenvalue weighted by atomic mass is 10.3. The highest BCUT2D eigenvalue weighted by Gasteiger charge is 2.05. The maximum atomic E-state index is 10.8. The lowest BCUT2D eigenvalue weighted by Gasteiger charge is -1.98. The Labute approximate surface area is 98.6 Å². The molecule has 0 unspecified atom stereocenters. The monoisotopic (exact) mass is 318 g/mol. The van der Waals surface area contributed by atoms with Crippen LogP contribution >= 0.6 is 34.2 Å². The molecule has 1 aromatic carbocycles. The number of carbonyl (C=O) groups excluding carboxylic acids is 1. The molecule has 0 amide bonds. The van der Waals surface area contributed by atoms with E-state index in [1.54, 1.807) is 0 Å². The Morgan fingerprint density at radius 3 is 2.86 bits per heavy atom. The Morgan fingerprint density at radius 2 is 2.14 bits per heavy atom. The van der Waals surface area contributed by atoms with Gasteiger partial charge in [-0.15, -0.1) is 0 Å². The zero-order valence-electron chi connectivity index (χ0n) is 6.87. The van der Waals surface area contributed by atoms with Gasteiger partial charge >= 0.3 is 0 Å². The Balaban J connectivity index is 2.67. The molecule has 0 spiro atoms. The van der Waals surface area contributed by atoms with Crippen LogP contribution in [0.5, 0.6) is 0 Å². The van der Waals surface area contributed by atoms with Gasteiger partial charge in [-0.3, -0.25) is 9.78 Å². The first-order chi connectivity index (χ1) is 6.66. The number of hydrogen-bond acceptors (Lipinski definition) is 3. The molecule has 0 aliphatic carbocycles. The average Bonchev–Trinajstić information content (AvgIpc) is 2.16. The van der Waals surface area contributed by atoms with Crippen molar-refractivity contribution in [1.29, 1.82) is 0 Å². The van der Waals surface area contributed by atoms with Gasteiger partial charge in [0.15, 0.2) is 0 Å². The third kappa shape index (κ3) is 1.85. The molecule has 0 radical (unpaired) electrons. The predicted octanol–water partition coefficient (Wildman–Crippen LogP) is 2.61. The van der Waals surface area contributed by atoms with Crippen LogP contribution in [-0.2, 0) is 0 Å². The van der Waals surface area contributed by atoms with Crippen molar-refractivity contribution in [3.05, 3.63) is 33.7 Å². The summed E-state index contributed by atoms with van der Waals surface area (Å²) in [6.07, 6.45) is 1.38. The van der Waals surface area contributed by atoms with Gasteiger partial charge in [-0.2, -0.15) is 0 Å². The van der Waals surface area contributed by atoms with Gasteiger partial charge in [-0.25, -0.2) is 4.98 Å². The van der Waals surface area contributed by atoms with E-state index < -0.39 is 5.24 Å². The zero-order valence-corrected chi connectivity index (χ0v) is 9.78. The van der Waals surface area contributed by atoms with Gasteiger partial charge in [0.2, 0.25) is 0 Å². The second-order valence-corrected chi connectivity index (χ2v) is 4.25. The minimum absolute atomic E-state index is 0.181. The number of aromatic nitrogens is 2. The Hall–Kier alpha value is -0.750.